The van der Waals surface area contributed by atoms with Crippen molar-refractivity contribution in [3.8, 4) is 0 Å². The summed E-state index contributed by atoms with van der Waals surface area (Å²) in [6.45, 7) is 9.59. The van der Waals surface area contributed by atoms with Gasteiger partial charge in [-0.05, 0) is 17.5 Å². The maximum Gasteiger partial charge on any atom is 0.0206 e. The fourth-order valence-electron chi connectivity index (χ4n) is 1.79. The summed E-state index contributed by atoms with van der Waals surface area (Å²) in [5.74, 6) is 0. The molecule has 0 saturated carbocycles. The summed E-state index contributed by atoms with van der Waals surface area (Å²) in [6, 6.07) is 9.52. The van der Waals surface area contributed by atoms with Crippen LogP contribution in [0.15, 0.2) is 24.3 Å². The van der Waals surface area contributed by atoms with Gasteiger partial charge in [0.1, 0.15) is 0 Å². The van der Waals surface area contributed by atoms with E-state index in [1.54, 1.807) is 0 Å². The highest BCUT2D eigenvalue weighted by molar-refractivity contribution is 5.22. The van der Waals surface area contributed by atoms with E-state index < -0.39 is 0 Å². The van der Waals surface area contributed by atoms with Gasteiger partial charge in [-0.1, -0.05) is 51.5 Å². The normalized spacial score (nSPS) is 11.1. The van der Waals surface area contributed by atoms with Gasteiger partial charge in [0.2, 0.25) is 0 Å². The topological polar surface area (TPSA) is 24.1 Å². The summed E-state index contributed by atoms with van der Waals surface area (Å²) >= 11 is 0. The Morgan fingerprint density at radius 1 is 1.00 bits per heavy atom. The Morgan fingerprint density at radius 3 is 2.24 bits per heavy atom. The summed E-state index contributed by atoms with van der Waals surface area (Å²) in [4.78, 5) is 0. The zero-order valence-electron chi connectivity index (χ0n) is 11.4. The molecule has 0 bridgehead atoms. The first-order valence-electron chi connectivity index (χ1n) is 6.74. The van der Waals surface area contributed by atoms with Gasteiger partial charge in [0.25, 0.3) is 0 Å². The smallest absolute Gasteiger partial charge is 0.0206 e. The van der Waals surface area contributed by atoms with Crippen molar-refractivity contribution in [2.45, 2.75) is 46.2 Å². The van der Waals surface area contributed by atoms with Gasteiger partial charge in [-0.3, -0.25) is 0 Å². The molecule has 0 aromatic heterocycles. The molecule has 0 spiro atoms. The van der Waals surface area contributed by atoms with Crippen LogP contribution in [0.1, 0.15) is 38.3 Å². The molecule has 0 aliphatic heterocycles. The lowest BCUT2D eigenvalue weighted by atomic mass is 10.1. The molecule has 17 heavy (non-hydrogen) atoms. The Balaban J connectivity index is 2.18. The van der Waals surface area contributed by atoms with Gasteiger partial charge in [-0.2, -0.15) is 0 Å². The fourth-order valence-corrected chi connectivity index (χ4v) is 1.79. The molecule has 0 heterocycles. The highest BCUT2D eigenvalue weighted by Gasteiger charge is 1.95. The molecule has 2 nitrogen and oxygen atoms in total. The molecule has 2 N–H and O–H groups in total. The van der Waals surface area contributed by atoms with E-state index in [2.05, 4.69) is 55.7 Å². The van der Waals surface area contributed by atoms with Crippen molar-refractivity contribution in [2.75, 3.05) is 13.1 Å². The summed E-state index contributed by atoms with van der Waals surface area (Å²) in [7, 11) is 0. The highest BCUT2D eigenvalue weighted by atomic mass is 15.0. The van der Waals surface area contributed by atoms with Crippen LogP contribution in [0.2, 0.25) is 0 Å². The van der Waals surface area contributed by atoms with Crippen LogP contribution in [0.3, 0.4) is 0 Å². The third kappa shape index (κ3) is 6.44. The zero-order chi connectivity index (χ0) is 12.5. The zero-order valence-corrected chi connectivity index (χ0v) is 11.4. The minimum Gasteiger partial charge on any atom is -0.313 e. The monoisotopic (exact) mass is 234 g/mol. The van der Waals surface area contributed by atoms with Crippen molar-refractivity contribution < 1.29 is 0 Å². The molecule has 0 aliphatic carbocycles. The van der Waals surface area contributed by atoms with Crippen LogP contribution >= 0.6 is 0 Å². The molecule has 1 aromatic carbocycles. The predicted molar refractivity (Wildman–Crippen MR) is 75.3 cm³/mol. The van der Waals surface area contributed by atoms with Crippen molar-refractivity contribution in [3.05, 3.63) is 35.4 Å². The van der Waals surface area contributed by atoms with Gasteiger partial charge in [-0.25, -0.2) is 0 Å². The number of rotatable bonds is 8. The standard InChI is InChI=1S/C15H26N2/c1-4-5-14-6-8-15(9-7-14)12-16-10-11-17-13(2)3/h6-9,13,16-17H,4-5,10-12H2,1-3H3. The lowest BCUT2D eigenvalue weighted by Gasteiger charge is -2.09. The van der Waals surface area contributed by atoms with E-state index >= 15 is 0 Å². The summed E-state index contributed by atoms with van der Waals surface area (Å²) in [5, 5.41) is 6.84. The Hall–Kier alpha value is -0.860. The van der Waals surface area contributed by atoms with Crippen LogP contribution < -0.4 is 10.6 Å². The summed E-state index contributed by atoms with van der Waals surface area (Å²) < 4.78 is 0. The van der Waals surface area contributed by atoms with E-state index in [9.17, 15) is 0 Å². The molecule has 0 amide bonds. The van der Waals surface area contributed by atoms with Crippen LogP contribution in [-0.2, 0) is 13.0 Å². The first kappa shape index (κ1) is 14.2. The van der Waals surface area contributed by atoms with Gasteiger partial charge in [0, 0.05) is 25.7 Å². The number of hydrogen-bond donors (Lipinski definition) is 2. The van der Waals surface area contributed by atoms with Gasteiger partial charge in [0.05, 0.1) is 0 Å². The molecule has 0 atom stereocenters. The van der Waals surface area contributed by atoms with Crippen LogP contribution in [0.4, 0.5) is 0 Å². The SMILES string of the molecule is CCCc1ccc(CNCCNC(C)C)cc1. The number of nitrogens with one attached hydrogen (secondary N) is 2. The third-order valence-electron chi connectivity index (χ3n) is 2.75. The second-order valence-electron chi connectivity index (χ2n) is 4.85. The molecule has 0 unspecified atom stereocenters. The number of aryl methyl sites for hydroxylation is 1. The molecule has 0 aliphatic rings. The fraction of sp³-hybridized carbons (Fsp3) is 0.600. The highest BCUT2D eigenvalue weighted by Crippen LogP contribution is 2.06. The second kappa shape index (κ2) is 8.26. The first-order valence-corrected chi connectivity index (χ1v) is 6.74. The maximum atomic E-state index is 3.45. The summed E-state index contributed by atoms with van der Waals surface area (Å²) in [5.41, 5.74) is 2.81. The van der Waals surface area contributed by atoms with E-state index in [0.717, 1.165) is 19.6 Å². The van der Waals surface area contributed by atoms with Crippen molar-refractivity contribution in [1.82, 2.24) is 10.6 Å². The Morgan fingerprint density at radius 2 is 1.65 bits per heavy atom. The molecule has 0 radical (unpaired) electrons. The molecule has 96 valence electrons. The van der Waals surface area contributed by atoms with Gasteiger partial charge in [0.15, 0.2) is 0 Å². The average Bonchev–Trinajstić information content (AvgIpc) is 2.31. The van der Waals surface area contributed by atoms with Crippen molar-refractivity contribution in [2.24, 2.45) is 0 Å². The van der Waals surface area contributed by atoms with Crippen molar-refractivity contribution in [3.63, 3.8) is 0 Å². The molecule has 2 heteroatoms. The van der Waals surface area contributed by atoms with Gasteiger partial charge >= 0.3 is 0 Å². The second-order valence-corrected chi connectivity index (χ2v) is 4.85. The predicted octanol–water partition coefficient (Wildman–Crippen LogP) is 2.73. The number of benzene rings is 1. The van der Waals surface area contributed by atoms with Crippen LogP contribution in [0.25, 0.3) is 0 Å². The van der Waals surface area contributed by atoms with Crippen molar-refractivity contribution >= 4 is 0 Å². The molecular weight excluding hydrogens is 208 g/mol. The first-order chi connectivity index (χ1) is 8.22. The van der Waals surface area contributed by atoms with Gasteiger partial charge < -0.3 is 10.6 Å². The van der Waals surface area contributed by atoms with Crippen LogP contribution in [-0.4, -0.2) is 19.1 Å². The Bertz CT molecular complexity index is 290. The molecular formula is C15H26N2. The lowest BCUT2D eigenvalue weighted by molar-refractivity contribution is 0.555. The third-order valence-corrected chi connectivity index (χ3v) is 2.75. The molecule has 0 saturated heterocycles. The van der Waals surface area contributed by atoms with E-state index in [0.29, 0.717) is 6.04 Å². The average molecular weight is 234 g/mol. The molecule has 1 aromatic rings. The quantitative estimate of drug-likeness (QED) is 0.676. The van der Waals surface area contributed by atoms with Gasteiger partial charge in [-0.15, -0.1) is 0 Å². The minimum absolute atomic E-state index is 0.574. The number of hydrogen-bond acceptors (Lipinski definition) is 2. The summed E-state index contributed by atoms with van der Waals surface area (Å²) in [6.07, 6.45) is 2.41. The largest absolute Gasteiger partial charge is 0.313 e. The van der Waals surface area contributed by atoms with Crippen LogP contribution in [0.5, 0.6) is 0 Å². The maximum absolute atomic E-state index is 3.45. The minimum atomic E-state index is 0.574. The molecule has 0 fully saturated rings. The van der Waals surface area contributed by atoms with E-state index in [1.807, 2.05) is 0 Å². The van der Waals surface area contributed by atoms with Crippen molar-refractivity contribution in [1.29, 1.82) is 0 Å². The van der Waals surface area contributed by atoms with E-state index in [1.165, 1.54) is 24.0 Å². The Labute approximate surface area is 106 Å². The lowest BCUT2D eigenvalue weighted by Crippen LogP contribution is -2.31. The van der Waals surface area contributed by atoms with E-state index in [4.69, 9.17) is 0 Å². The Kier molecular flexibility index (Phi) is 6.90. The van der Waals surface area contributed by atoms with Crippen LogP contribution in [0, 0.1) is 0 Å². The molecule has 1 rings (SSSR count). The van der Waals surface area contributed by atoms with E-state index in [-0.39, 0.29) is 0 Å².